The molecule has 0 saturated heterocycles. The number of hydrogen-bond acceptors (Lipinski definition) is 4. The lowest BCUT2D eigenvalue weighted by Crippen LogP contribution is -2.11. The summed E-state index contributed by atoms with van der Waals surface area (Å²) in [5, 5.41) is 11.4. The normalized spacial score (nSPS) is 14.8. The number of aryl methyl sites for hydroxylation is 1. The molecule has 0 bridgehead atoms. The highest BCUT2D eigenvalue weighted by Crippen LogP contribution is 2.49. The maximum absolute atomic E-state index is 12.5. The molecule has 3 aromatic carbocycles. The lowest BCUT2D eigenvalue weighted by atomic mass is 9.92. The quantitative estimate of drug-likeness (QED) is 0.470. The fourth-order valence-electron chi connectivity index (χ4n) is 4.18. The minimum atomic E-state index is -0.607. The van der Waals surface area contributed by atoms with Crippen LogP contribution in [0.25, 0.3) is 22.0 Å². The van der Waals surface area contributed by atoms with Crippen molar-refractivity contribution < 1.29 is 19.4 Å². The molecule has 1 aromatic heterocycles. The number of fused-ring (bicyclic) bond motifs is 2. The molecule has 5 nitrogen and oxygen atoms in total. The Bertz CT molecular complexity index is 1270. The number of phenols is 1. The van der Waals surface area contributed by atoms with Gasteiger partial charge in [0, 0.05) is 33.8 Å². The number of aromatic nitrogens is 1. The number of aromatic hydroxyl groups is 1. The van der Waals surface area contributed by atoms with Crippen LogP contribution in [-0.4, -0.2) is 23.2 Å². The van der Waals surface area contributed by atoms with Crippen molar-refractivity contribution in [2.75, 3.05) is 7.11 Å². The summed E-state index contributed by atoms with van der Waals surface area (Å²) in [6.45, 7) is 2.05. The minimum absolute atomic E-state index is 0.103. The lowest BCUT2D eigenvalue weighted by molar-refractivity contribution is 0.0598. The first-order chi connectivity index (χ1) is 14.1. The first-order valence-corrected chi connectivity index (χ1v) is 9.37. The van der Waals surface area contributed by atoms with E-state index in [4.69, 9.17) is 9.47 Å². The van der Waals surface area contributed by atoms with Crippen LogP contribution in [0.3, 0.4) is 0 Å². The minimum Gasteiger partial charge on any atom is -0.507 e. The number of esters is 1. The summed E-state index contributed by atoms with van der Waals surface area (Å²) in [7, 11) is 1.30. The number of phenolic OH excluding ortho intramolecular Hbond substituents is 1. The summed E-state index contributed by atoms with van der Waals surface area (Å²) in [6, 6.07) is 17.3. The Balaban J connectivity index is 1.89. The number of ether oxygens (including phenoxy) is 2. The lowest BCUT2D eigenvalue weighted by Gasteiger charge is -2.22. The molecule has 4 aromatic rings. The number of carbonyl (C=O) groups is 1. The number of hydrogen-bond donors (Lipinski definition) is 2. The van der Waals surface area contributed by atoms with E-state index in [-0.39, 0.29) is 17.4 Å². The standard InChI is InChI=1S/C24H19NO4/c1-13-6-3-4-7-14(13)23-15-8-5-9-17-20(15)16(12-25-17)21-19(29-23)11-10-18(26)22(21)24(27)28-2/h3-12,23,25-26H,1-2H3/t23-/m1/s1. The highest BCUT2D eigenvalue weighted by Gasteiger charge is 2.32. The maximum Gasteiger partial charge on any atom is 0.342 e. The molecule has 1 aliphatic rings. The van der Waals surface area contributed by atoms with Gasteiger partial charge >= 0.3 is 5.97 Å². The molecule has 144 valence electrons. The van der Waals surface area contributed by atoms with Crippen LogP contribution in [0.2, 0.25) is 0 Å². The van der Waals surface area contributed by atoms with Gasteiger partial charge in [0.05, 0.1) is 7.11 Å². The van der Waals surface area contributed by atoms with E-state index in [1.807, 2.05) is 36.5 Å². The Kier molecular flexibility index (Phi) is 3.84. The van der Waals surface area contributed by atoms with Gasteiger partial charge in [-0.3, -0.25) is 0 Å². The van der Waals surface area contributed by atoms with Gasteiger partial charge in [0.2, 0.25) is 0 Å². The first kappa shape index (κ1) is 17.4. The predicted octanol–water partition coefficient (Wildman–Crippen LogP) is 5.12. The summed E-state index contributed by atoms with van der Waals surface area (Å²) in [5.41, 5.74) is 5.54. The van der Waals surface area contributed by atoms with Crippen molar-refractivity contribution in [1.82, 2.24) is 4.98 Å². The molecule has 5 rings (SSSR count). The molecule has 2 N–H and O–H groups in total. The molecule has 1 aliphatic heterocycles. The van der Waals surface area contributed by atoms with E-state index in [1.54, 1.807) is 6.07 Å². The largest absolute Gasteiger partial charge is 0.507 e. The van der Waals surface area contributed by atoms with Crippen molar-refractivity contribution in [1.29, 1.82) is 0 Å². The second kappa shape index (κ2) is 6.41. The van der Waals surface area contributed by atoms with Gasteiger partial charge in [-0.1, -0.05) is 36.4 Å². The Morgan fingerprint density at radius 1 is 1.07 bits per heavy atom. The number of rotatable bonds is 2. The second-order valence-electron chi connectivity index (χ2n) is 7.15. The van der Waals surface area contributed by atoms with Crippen molar-refractivity contribution in [2.24, 2.45) is 0 Å². The Morgan fingerprint density at radius 2 is 1.86 bits per heavy atom. The van der Waals surface area contributed by atoms with Gasteiger partial charge in [-0.05, 0) is 36.2 Å². The van der Waals surface area contributed by atoms with Crippen LogP contribution in [0.15, 0.2) is 60.8 Å². The van der Waals surface area contributed by atoms with Gasteiger partial charge in [-0.2, -0.15) is 0 Å². The maximum atomic E-state index is 12.5. The molecular weight excluding hydrogens is 366 g/mol. The molecule has 29 heavy (non-hydrogen) atoms. The fourth-order valence-corrected chi connectivity index (χ4v) is 4.18. The predicted molar refractivity (Wildman–Crippen MR) is 110 cm³/mol. The summed E-state index contributed by atoms with van der Waals surface area (Å²) >= 11 is 0. The molecule has 0 aliphatic carbocycles. The van der Waals surface area contributed by atoms with E-state index in [1.165, 1.54) is 13.2 Å². The van der Waals surface area contributed by atoms with Crippen LogP contribution in [-0.2, 0) is 4.74 Å². The highest BCUT2D eigenvalue weighted by molar-refractivity contribution is 6.08. The smallest absolute Gasteiger partial charge is 0.342 e. The van der Waals surface area contributed by atoms with Gasteiger partial charge in [0.25, 0.3) is 0 Å². The van der Waals surface area contributed by atoms with Gasteiger partial charge < -0.3 is 19.6 Å². The van der Waals surface area contributed by atoms with E-state index in [0.29, 0.717) is 11.3 Å². The van der Waals surface area contributed by atoms with Gasteiger partial charge in [-0.15, -0.1) is 0 Å². The Morgan fingerprint density at radius 3 is 2.66 bits per heavy atom. The van der Waals surface area contributed by atoms with Gasteiger partial charge in [0.15, 0.2) is 0 Å². The number of benzene rings is 3. The third-order valence-corrected chi connectivity index (χ3v) is 5.54. The molecule has 1 atom stereocenters. The van der Waals surface area contributed by atoms with Crippen molar-refractivity contribution in [3.8, 4) is 22.6 Å². The third-order valence-electron chi connectivity index (χ3n) is 5.54. The summed E-state index contributed by atoms with van der Waals surface area (Å²) in [6.07, 6.45) is 1.49. The molecule has 0 spiro atoms. The topological polar surface area (TPSA) is 71.5 Å². The van der Waals surface area contributed by atoms with Crippen LogP contribution in [0.5, 0.6) is 11.5 Å². The van der Waals surface area contributed by atoms with E-state index in [2.05, 4.69) is 24.0 Å². The molecule has 0 fully saturated rings. The van der Waals surface area contributed by atoms with Gasteiger partial charge in [-0.25, -0.2) is 4.79 Å². The number of methoxy groups -OCH3 is 1. The van der Waals surface area contributed by atoms with E-state index >= 15 is 0 Å². The summed E-state index contributed by atoms with van der Waals surface area (Å²) < 4.78 is 11.5. The average molecular weight is 385 g/mol. The van der Waals surface area contributed by atoms with Crippen molar-refractivity contribution in [3.05, 3.63) is 83.0 Å². The molecular formula is C24H19NO4. The first-order valence-electron chi connectivity index (χ1n) is 9.37. The zero-order valence-electron chi connectivity index (χ0n) is 16.0. The van der Waals surface area contributed by atoms with Crippen molar-refractivity contribution >= 4 is 16.9 Å². The van der Waals surface area contributed by atoms with Crippen molar-refractivity contribution in [2.45, 2.75) is 13.0 Å². The zero-order valence-corrected chi connectivity index (χ0v) is 16.0. The van der Waals surface area contributed by atoms with Crippen LogP contribution < -0.4 is 4.74 Å². The van der Waals surface area contributed by atoms with Gasteiger partial charge in [0.1, 0.15) is 23.2 Å². The fraction of sp³-hybridized carbons (Fsp3) is 0.125. The van der Waals surface area contributed by atoms with Crippen LogP contribution in [0.4, 0.5) is 0 Å². The summed E-state index contributed by atoms with van der Waals surface area (Å²) in [4.78, 5) is 15.8. The van der Waals surface area contributed by atoms with Crippen LogP contribution in [0, 0.1) is 6.92 Å². The SMILES string of the molecule is COC(=O)c1c(O)ccc2c1-c1c[nH]c3cccc(c13)[C@@H](c1ccccc1C)O2. The van der Waals surface area contributed by atoms with Crippen LogP contribution in [0.1, 0.15) is 33.2 Å². The average Bonchev–Trinajstić information content (AvgIpc) is 3.10. The molecule has 2 heterocycles. The molecule has 0 amide bonds. The molecule has 5 heteroatoms. The van der Waals surface area contributed by atoms with E-state index in [0.717, 1.165) is 33.2 Å². The highest BCUT2D eigenvalue weighted by atomic mass is 16.5. The van der Waals surface area contributed by atoms with Crippen molar-refractivity contribution in [3.63, 3.8) is 0 Å². The molecule has 0 saturated carbocycles. The molecule has 0 radical (unpaired) electrons. The van der Waals surface area contributed by atoms with E-state index in [9.17, 15) is 9.90 Å². The number of carbonyl (C=O) groups excluding carboxylic acids is 1. The Labute approximate surface area is 167 Å². The monoisotopic (exact) mass is 385 g/mol. The number of aromatic amines is 1. The van der Waals surface area contributed by atoms with Crippen LogP contribution >= 0.6 is 0 Å². The third kappa shape index (κ3) is 2.51. The van der Waals surface area contributed by atoms with E-state index < -0.39 is 5.97 Å². The number of nitrogens with one attached hydrogen (secondary N) is 1. The number of H-pyrrole nitrogens is 1. The second-order valence-corrected chi connectivity index (χ2v) is 7.15. The Hall–Kier alpha value is -3.73. The molecule has 0 unspecified atom stereocenters. The summed E-state index contributed by atoms with van der Waals surface area (Å²) in [5.74, 6) is -0.224. The zero-order chi connectivity index (χ0) is 20.1.